The number of aromatic nitrogens is 4. The lowest BCUT2D eigenvalue weighted by atomic mass is 9.62. The zero-order valence-electron chi connectivity index (χ0n) is 103. The molecule has 0 bridgehead atoms. The summed E-state index contributed by atoms with van der Waals surface area (Å²) in [6.07, 6.45) is -25.4. The summed E-state index contributed by atoms with van der Waals surface area (Å²) < 4.78 is 545. The van der Waals surface area contributed by atoms with Crippen molar-refractivity contribution in [3.05, 3.63) is 221 Å². The van der Waals surface area contributed by atoms with E-state index in [1.807, 2.05) is 49.6 Å². The molecule has 3 aliphatic carbocycles. The summed E-state index contributed by atoms with van der Waals surface area (Å²) in [7, 11) is 0. The number of imidazole rings is 1. The predicted molar refractivity (Wildman–Crippen MR) is 363 cm³/mol. The zero-order chi connectivity index (χ0) is 110. The Labute approximate surface area is 597 Å². The van der Waals surface area contributed by atoms with Crippen molar-refractivity contribution < 1.29 is 87.4 Å². The first-order valence-electron chi connectivity index (χ1n) is 55.5. The topological polar surface area (TPSA) is 35.9 Å². The number of nitrogens with zero attached hydrogens (tertiary/aromatic N) is 4. The zero-order valence-corrected chi connectivity index (χ0v) is 46.2. The van der Waals surface area contributed by atoms with Crippen molar-refractivity contribution >= 4 is 32.8 Å². The third-order valence-electron chi connectivity index (χ3n) is 15.5. The first-order valence-corrected chi connectivity index (χ1v) is 27.0. The molecular weight excluding hydrogens is 1060 g/mol. The van der Waals surface area contributed by atoms with Gasteiger partial charge in [0.15, 0.2) is 0 Å². The molecule has 0 aliphatic heterocycles. The number of benzene rings is 8. The van der Waals surface area contributed by atoms with E-state index in [4.69, 9.17) is 42.6 Å². The Morgan fingerprint density at radius 1 is 0.494 bits per heavy atom. The quantitative estimate of drug-likeness (QED) is 0.112. The van der Waals surface area contributed by atoms with E-state index < -0.39 is 296 Å². The van der Waals surface area contributed by atoms with Gasteiger partial charge in [0.1, 0.15) is 17.3 Å². The highest BCUT2D eigenvalue weighted by molar-refractivity contribution is 6.09. The fourth-order valence-corrected chi connectivity index (χ4v) is 11.2. The van der Waals surface area contributed by atoms with Gasteiger partial charge in [-0.25, -0.2) is 4.98 Å². The lowest BCUT2D eigenvalue weighted by Gasteiger charge is -2.42. The van der Waals surface area contributed by atoms with Crippen molar-refractivity contribution in [2.24, 2.45) is 0 Å². The van der Waals surface area contributed by atoms with E-state index >= 15 is 0 Å². The second kappa shape index (κ2) is 19.7. The van der Waals surface area contributed by atoms with E-state index in [2.05, 4.69) is 6.33 Å². The Kier molecular flexibility index (Phi) is 4.91. The van der Waals surface area contributed by atoms with E-state index in [0.29, 0.717) is 45.0 Å². The molecular formula is C82H86N4O. The molecule has 14 rings (SSSR count). The van der Waals surface area contributed by atoms with Crippen LogP contribution in [-0.2, 0) is 37.9 Å². The van der Waals surface area contributed by atoms with Gasteiger partial charge >= 0.3 is 0 Å². The summed E-state index contributed by atoms with van der Waals surface area (Å²) >= 11 is 0. The molecule has 3 aliphatic rings. The van der Waals surface area contributed by atoms with Crippen LogP contribution in [0.15, 0.2) is 176 Å². The van der Waals surface area contributed by atoms with E-state index in [-0.39, 0.29) is 17.2 Å². The van der Waals surface area contributed by atoms with Crippen molar-refractivity contribution in [3.8, 4) is 62.1 Å². The average molecular weight is 1200 g/mol. The van der Waals surface area contributed by atoms with Gasteiger partial charge in [-0.05, 0) is 203 Å². The summed E-state index contributed by atoms with van der Waals surface area (Å²) in [6, 6.07) is 7.77. The normalized spacial score (nSPS) is 32.7. The van der Waals surface area contributed by atoms with Crippen LogP contribution in [0.25, 0.3) is 83.4 Å². The van der Waals surface area contributed by atoms with Crippen molar-refractivity contribution in [2.45, 2.75) is 179 Å². The Morgan fingerprint density at radius 2 is 1.02 bits per heavy atom. The third kappa shape index (κ3) is 9.56. The Bertz CT molecular complexity index is 6890. The molecule has 0 saturated carbocycles. The highest BCUT2D eigenvalue weighted by Crippen LogP contribution is 2.51. The summed E-state index contributed by atoms with van der Waals surface area (Å²) in [6.45, 7) is -50.7. The summed E-state index contributed by atoms with van der Waals surface area (Å²) in [5.74, 6) is 0.228. The van der Waals surface area contributed by atoms with E-state index in [1.54, 1.807) is 30.5 Å². The summed E-state index contributed by atoms with van der Waals surface area (Å²) in [5.41, 5.74) is -51.0. The fourth-order valence-electron chi connectivity index (χ4n) is 11.2. The molecule has 0 spiro atoms. The average Bonchev–Trinajstić information content (AvgIpc) is 0.660. The lowest BCUT2D eigenvalue weighted by molar-refractivity contribution is -0.571. The number of hydrogen-bond acceptors (Lipinski definition) is 2. The van der Waals surface area contributed by atoms with Gasteiger partial charge in [-0.1, -0.05) is 212 Å². The standard InChI is InChI=1S/C82H86N4O/c1-76(2,3)56-36-43-83-74(48-56)86-70-25-17-16-22-62(70)63-31-30-59(50-72(63)86)87-58-21-18-20-57(49-58)84-51-85(71-35-29-53(47-73(71)84)52-26-32-64-67(44-52)80(10,11)40-37-77(64,4)5)75-60(54-27-33-65-68(45-54)81(12,13)41-38-78(65,6)7)23-19-24-61(75)55-28-34-66-69(46-55)82(14,15)42-39-79(66,8)9/h16-36,43-50H,37-42H2,1-15H3/i4D3,5D3,6D3,7D3,8D3,9D3,10D3,11D3,12D3,13D3,14D3,15D3,26D,27D,28D,32D,33D,34D,37D2,38D2,39D2,40D2,41D2,42D2,44D,45D,46D. The van der Waals surface area contributed by atoms with Gasteiger partial charge in [-0.3, -0.25) is 13.7 Å². The van der Waals surface area contributed by atoms with Crippen LogP contribution in [0.3, 0.4) is 0 Å². The summed E-state index contributed by atoms with van der Waals surface area (Å²) in [5, 5.41) is 1.36. The molecule has 0 unspecified atom stereocenters. The van der Waals surface area contributed by atoms with Crippen LogP contribution in [0.4, 0.5) is 0 Å². The van der Waals surface area contributed by atoms with E-state index in [0.717, 1.165) is 33.7 Å². The maximum Gasteiger partial charge on any atom is 0.269 e. The molecule has 3 heterocycles. The SMILES string of the molecule is [2H]c1c([2H])c2c(c([2H])c1-c1ccc3c(c1)n(-c1cccc(Oc4ccc5c6ccccc6n(-c6cc(C(C)(C)C)ccn6)c5c4)c1)[c-][n+]3-c1c(-c3c([2H])c([2H])c4c(c3[2H])C(C([2H])([2H])[2H])(C([2H])([2H])[2H])C([2H])([2H])C([2H])([2H])C4(C([2H])([2H])[2H])C([2H])([2H])[2H])cccc1-c1c([2H])c([2H])c3c(c1[2H])C(C([2H])([2H])[2H])(C([2H])([2H])[2H])C([2H])([2H])C([2H])([2H])C3(C([2H])([2H])[2H])C([2H])([2H])[2H])C(C([2H])([2H])[2H])(C([2H])([2H])[2H])C([2H])([2H])C([2H])([2H])C2(C([2H])([2H])[2H])C([2H])([2H])[2H]. The van der Waals surface area contributed by atoms with Crippen molar-refractivity contribution in [1.29, 1.82) is 0 Å². The molecule has 0 amide bonds. The van der Waals surface area contributed by atoms with Gasteiger partial charge in [0.05, 0.1) is 45.8 Å². The van der Waals surface area contributed by atoms with E-state index in [1.165, 1.54) is 30.3 Å². The first-order chi connectivity index (χ1) is 64.6. The minimum Gasteiger partial charge on any atom is -0.458 e. The van der Waals surface area contributed by atoms with Gasteiger partial charge < -0.3 is 4.74 Å². The van der Waals surface area contributed by atoms with Gasteiger partial charge in [-0.2, -0.15) is 0 Å². The molecule has 11 aromatic rings. The molecule has 0 N–H and O–H groups in total. The minimum atomic E-state index is -5.08. The van der Waals surface area contributed by atoms with Gasteiger partial charge in [0.25, 0.3) is 6.33 Å². The van der Waals surface area contributed by atoms with Crippen molar-refractivity contribution in [2.75, 3.05) is 0 Å². The van der Waals surface area contributed by atoms with Crippen LogP contribution in [0, 0.1) is 6.33 Å². The van der Waals surface area contributed by atoms with Crippen LogP contribution >= 0.6 is 0 Å². The molecule has 8 aromatic carbocycles. The van der Waals surface area contributed by atoms with E-state index in [9.17, 15) is 45.2 Å². The molecule has 5 heteroatoms. The maximum atomic E-state index is 10.6. The monoisotopic (exact) mass is 1200 g/mol. The number of para-hydroxylation sites is 2. The molecule has 87 heavy (non-hydrogen) atoms. The molecule has 0 atom stereocenters. The number of fused-ring (bicyclic) bond motifs is 7. The smallest absolute Gasteiger partial charge is 0.269 e. The Morgan fingerprint density at radius 3 is 1.61 bits per heavy atom. The highest BCUT2D eigenvalue weighted by atomic mass is 16.5. The van der Waals surface area contributed by atoms with Gasteiger partial charge in [0.2, 0.25) is 0 Å². The fraction of sp³-hybridized carbons (Fsp3) is 0.341. The number of hydrogen-bond donors (Lipinski definition) is 0. The number of ether oxygens (including phenoxy) is 1. The van der Waals surface area contributed by atoms with Crippen LogP contribution in [0.1, 0.15) is 258 Å². The molecule has 5 nitrogen and oxygen atoms in total. The largest absolute Gasteiger partial charge is 0.458 e. The van der Waals surface area contributed by atoms with Crippen LogP contribution in [-0.4, -0.2) is 14.1 Å². The van der Waals surface area contributed by atoms with Crippen LogP contribution in [0.5, 0.6) is 11.5 Å². The second-order valence-electron chi connectivity index (χ2n) is 22.7. The minimum absolute atomic E-state index is 0.0222. The summed E-state index contributed by atoms with van der Waals surface area (Å²) in [4.78, 5) is 4.74. The van der Waals surface area contributed by atoms with Gasteiger partial charge in [0, 0.05) is 88.8 Å². The highest BCUT2D eigenvalue weighted by Gasteiger charge is 2.40. The second-order valence-corrected chi connectivity index (χ2v) is 22.7. The molecule has 0 radical (unpaired) electrons. The molecule has 0 saturated heterocycles. The maximum absolute atomic E-state index is 10.6. The molecule has 0 fully saturated rings. The first kappa shape index (κ1) is 21.6. The van der Waals surface area contributed by atoms with Gasteiger partial charge in [-0.15, -0.1) is 0 Å². The lowest BCUT2D eigenvalue weighted by Crippen LogP contribution is -2.34. The van der Waals surface area contributed by atoms with Crippen molar-refractivity contribution in [3.63, 3.8) is 0 Å². The number of rotatable bonds is 8. The van der Waals surface area contributed by atoms with Crippen molar-refractivity contribution in [1.82, 2.24) is 14.1 Å². The third-order valence-corrected chi connectivity index (χ3v) is 15.5. The number of pyridine rings is 1. The Balaban J connectivity index is 1.25. The van der Waals surface area contributed by atoms with Crippen LogP contribution in [0.2, 0.25) is 0 Å². The molecule has 3 aromatic heterocycles. The molecule has 440 valence electrons. The predicted octanol–water partition coefficient (Wildman–Crippen LogP) is 21.3. The Hall–Kier alpha value is -8.02. The van der Waals surface area contributed by atoms with Crippen LogP contribution < -0.4 is 9.30 Å².